The molecule has 0 spiro atoms. The highest BCUT2D eigenvalue weighted by atomic mass is 31.2. The zero-order chi connectivity index (χ0) is 52.0. The first-order valence-corrected chi connectivity index (χ1v) is 32.0. The Labute approximate surface area is 440 Å². The normalized spacial score (nSPS) is 13.4. The number of rotatable bonds is 57. The Hall–Kier alpha value is -1.51. The van der Waals surface area contributed by atoms with Crippen LogP contribution in [0, 0.1) is 0 Å². The van der Waals surface area contributed by atoms with Crippen molar-refractivity contribution < 1.29 is 42.1 Å². The lowest BCUT2D eigenvalue weighted by Gasteiger charge is -2.28. The zero-order valence-corrected chi connectivity index (χ0v) is 48.6. The summed E-state index contributed by atoms with van der Waals surface area (Å²) in [7, 11) is 1.18. The van der Waals surface area contributed by atoms with Crippen LogP contribution < -0.4 is 4.89 Å². The summed E-state index contributed by atoms with van der Waals surface area (Å²) in [5.74, 6) is -0.829. The third-order valence-corrected chi connectivity index (χ3v) is 14.7. The summed E-state index contributed by atoms with van der Waals surface area (Å²) in [6.07, 6.45) is 63.9. The Morgan fingerprint density at radius 3 is 1.04 bits per heavy atom. The van der Waals surface area contributed by atoms with Crippen LogP contribution in [0.25, 0.3) is 0 Å². The summed E-state index contributed by atoms with van der Waals surface area (Å²) >= 11 is 0. The summed E-state index contributed by atoms with van der Waals surface area (Å²) in [5.41, 5.74) is 0. The number of likely N-dealkylation sites (N-methyl/N-ethyl adjacent to an activating group) is 1. The minimum absolute atomic E-state index is 0.0294. The molecule has 0 rings (SSSR count). The van der Waals surface area contributed by atoms with Crippen LogP contribution in [0.4, 0.5) is 0 Å². The largest absolute Gasteiger partial charge is 0.756 e. The minimum atomic E-state index is -4.63. The number of ether oxygens (including phenoxy) is 2. The van der Waals surface area contributed by atoms with Gasteiger partial charge in [0.05, 0.1) is 27.7 Å². The fraction of sp³-hybridized carbons (Fsp3) is 0.902. The first-order valence-electron chi connectivity index (χ1n) is 30.5. The van der Waals surface area contributed by atoms with E-state index in [2.05, 4.69) is 38.2 Å². The molecular weight excluding hydrogens is 906 g/mol. The standard InChI is InChI=1S/C61H118NO8P/c1-6-8-10-12-14-16-18-20-22-23-24-25-26-27-28-29-30-31-32-33-34-35-36-37-38-39-40-42-44-46-48-50-52-54-61(64)70-59(58-69-71(65,66)68-56-55-62(3,4)5)57-67-60(63)53-51-49-47-45-43-41-21-19-17-15-13-11-9-7-2/h19,21,23-24,59H,6-18,20,22,25-58H2,1-5H3/b21-19-,24-23-. The molecule has 0 aromatic rings. The highest BCUT2D eigenvalue weighted by Gasteiger charge is 2.22. The number of quaternary nitrogens is 1. The summed E-state index contributed by atoms with van der Waals surface area (Å²) in [4.78, 5) is 37.8. The second kappa shape index (κ2) is 53.3. The van der Waals surface area contributed by atoms with Crippen molar-refractivity contribution in [1.29, 1.82) is 0 Å². The maximum absolute atomic E-state index is 12.8. The molecule has 0 radical (unpaired) electrons. The molecule has 0 aliphatic heterocycles. The molecule has 0 saturated heterocycles. The second-order valence-corrected chi connectivity index (χ2v) is 23.5. The Morgan fingerprint density at radius 2 is 0.718 bits per heavy atom. The van der Waals surface area contributed by atoms with Crippen molar-refractivity contribution >= 4 is 19.8 Å². The van der Waals surface area contributed by atoms with Crippen molar-refractivity contribution in [2.45, 2.75) is 309 Å². The van der Waals surface area contributed by atoms with Crippen molar-refractivity contribution in [3.8, 4) is 0 Å². The lowest BCUT2D eigenvalue weighted by Crippen LogP contribution is -2.37. The first-order chi connectivity index (χ1) is 34.5. The number of esters is 2. The number of nitrogens with zero attached hydrogens (tertiary/aromatic N) is 1. The lowest BCUT2D eigenvalue weighted by atomic mass is 10.0. The Kier molecular flexibility index (Phi) is 52.2. The SMILES string of the molecule is CCCCCCC/C=C\CCCCCCCC(=O)OCC(COP(=O)([O-])OCC[N+](C)(C)C)OC(=O)CCCCCCCCCCCCCCCCCCCCCCC/C=C\CCCCCCCCCC. The van der Waals surface area contributed by atoms with E-state index in [1.807, 2.05) is 21.1 Å². The highest BCUT2D eigenvalue weighted by molar-refractivity contribution is 7.45. The van der Waals surface area contributed by atoms with Gasteiger partial charge in [0.2, 0.25) is 0 Å². The van der Waals surface area contributed by atoms with Crippen molar-refractivity contribution in [2.24, 2.45) is 0 Å². The van der Waals surface area contributed by atoms with E-state index in [0.717, 1.165) is 51.4 Å². The summed E-state index contributed by atoms with van der Waals surface area (Å²) in [6, 6.07) is 0. The quantitative estimate of drug-likeness (QED) is 0.0195. The third kappa shape index (κ3) is 57.6. The smallest absolute Gasteiger partial charge is 0.306 e. The predicted molar refractivity (Wildman–Crippen MR) is 301 cm³/mol. The molecule has 2 unspecified atom stereocenters. The fourth-order valence-corrected chi connectivity index (χ4v) is 9.67. The zero-order valence-electron chi connectivity index (χ0n) is 47.7. The molecule has 9 nitrogen and oxygen atoms in total. The van der Waals surface area contributed by atoms with E-state index >= 15 is 0 Å². The van der Waals surface area contributed by atoms with Crippen molar-refractivity contribution in [1.82, 2.24) is 0 Å². The molecule has 71 heavy (non-hydrogen) atoms. The molecule has 420 valence electrons. The minimum Gasteiger partial charge on any atom is -0.756 e. The monoisotopic (exact) mass is 1020 g/mol. The molecule has 0 amide bonds. The average molecular weight is 1020 g/mol. The molecule has 0 bridgehead atoms. The van der Waals surface area contributed by atoms with Gasteiger partial charge in [0, 0.05) is 12.8 Å². The van der Waals surface area contributed by atoms with Gasteiger partial charge in [-0.2, -0.15) is 0 Å². The molecular formula is C61H118NO8P. The van der Waals surface area contributed by atoms with Crippen LogP contribution in [-0.4, -0.2) is 70.0 Å². The molecule has 0 aromatic heterocycles. The van der Waals surface area contributed by atoms with E-state index in [1.165, 1.54) is 218 Å². The van der Waals surface area contributed by atoms with Crippen LogP contribution in [0.5, 0.6) is 0 Å². The van der Waals surface area contributed by atoms with Crippen LogP contribution >= 0.6 is 7.82 Å². The number of carbonyl (C=O) groups excluding carboxylic acids is 2. The molecule has 0 aliphatic carbocycles. The van der Waals surface area contributed by atoms with Gasteiger partial charge in [-0.15, -0.1) is 0 Å². The van der Waals surface area contributed by atoms with Gasteiger partial charge in [-0.3, -0.25) is 14.2 Å². The van der Waals surface area contributed by atoms with E-state index < -0.39 is 26.5 Å². The van der Waals surface area contributed by atoms with Crippen LogP contribution in [0.3, 0.4) is 0 Å². The number of phosphoric acid groups is 1. The van der Waals surface area contributed by atoms with Gasteiger partial charge < -0.3 is 27.9 Å². The molecule has 0 aromatic carbocycles. The molecule has 0 aliphatic rings. The van der Waals surface area contributed by atoms with Gasteiger partial charge in [0.25, 0.3) is 7.82 Å². The van der Waals surface area contributed by atoms with Crippen LogP contribution in [0.1, 0.15) is 303 Å². The van der Waals surface area contributed by atoms with E-state index in [1.54, 1.807) is 0 Å². The summed E-state index contributed by atoms with van der Waals surface area (Å²) in [6.45, 7) is 4.26. The number of phosphoric ester groups is 1. The number of carbonyl (C=O) groups is 2. The average Bonchev–Trinajstić information content (AvgIpc) is 3.33. The van der Waals surface area contributed by atoms with Crippen molar-refractivity contribution in [3.63, 3.8) is 0 Å². The van der Waals surface area contributed by atoms with Crippen molar-refractivity contribution in [3.05, 3.63) is 24.3 Å². The lowest BCUT2D eigenvalue weighted by molar-refractivity contribution is -0.870. The third-order valence-electron chi connectivity index (χ3n) is 13.7. The van der Waals surface area contributed by atoms with Crippen LogP contribution in [0.2, 0.25) is 0 Å². The summed E-state index contributed by atoms with van der Waals surface area (Å²) < 4.78 is 34.1. The second-order valence-electron chi connectivity index (χ2n) is 22.1. The number of hydrogen-bond donors (Lipinski definition) is 0. The Bertz CT molecular complexity index is 1250. The van der Waals surface area contributed by atoms with Gasteiger partial charge >= 0.3 is 11.9 Å². The maximum Gasteiger partial charge on any atom is 0.306 e. The van der Waals surface area contributed by atoms with Gasteiger partial charge in [0.1, 0.15) is 19.8 Å². The van der Waals surface area contributed by atoms with Gasteiger partial charge in [-0.1, -0.05) is 250 Å². The molecule has 10 heteroatoms. The van der Waals surface area contributed by atoms with Crippen LogP contribution in [0.15, 0.2) is 24.3 Å². The van der Waals surface area contributed by atoms with E-state index in [9.17, 15) is 19.0 Å². The van der Waals surface area contributed by atoms with Crippen molar-refractivity contribution in [2.75, 3.05) is 47.5 Å². The molecule has 0 N–H and O–H groups in total. The molecule has 0 heterocycles. The van der Waals surface area contributed by atoms with E-state index in [-0.39, 0.29) is 32.0 Å². The highest BCUT2D eigenvalue weighted by Crippen LogP contribution is 2.38. The van der Waals surface area contributed by atoms with E-state index in [4.69, 9.17) is 18.5 Å². The number of unbranched alkanes of at least 4 members (excludes halogenated alkanes) is 39. The first kappa shape index (κ1) is 69.5. The van der Waals surface area contributed by atoms with Gasteiger partial charge in [-0.05, 0) is 64.2 Å². The number of allylic oxidation sites excluding steroid dienone is 4. The Balaban J connectivity index is 3.97. The fourth-order valence-electron chi connectivity index (χ4n) is 8.94. The maximum atomic E-state index is 12.8. The van der Waals surface area contributed by atoms with E-state index in [0.29, 0.717) is 17.4 Å². The number of hydrogen-bond acceptors (Lipinski definition) is 8. The van der Waals surface area contributed by atoms with Crippen LogP contribution in [-0.2, 0) is 32.7 Å². The van der Waals surface area contributed by atoms with Gasteiger partial charge in [-0.25, -0.2) is 0 Å². The predicted octanol–water partition coefficient (Wildman–Crippen LogP) is 18.4. The van der Waals surface area contributed by atoms with Gasteiger partial charge in [0.15, 0.2) is 6.10 Å². The topological polar surface area (TPSA) is 111 Å². The molecule has 0 fully saturated rings. The Morgan fingerprint density at radius 1 is 0.423 bits per heavy atom. The molecule has 0 saturated carbocycles. The molecule has 2 atom stereocenters. The summed E-state index contributed by atoms with van der Waals surface area (Å²) in [5, 5.41) is 0.